The van der Waals surface area contributed by atoms with Crippen molar-refractivity contribution in [3.63, 3.8) is 0 Å². The summed E-state index contributed by atoms with van der Waals surface area (Å²) in [6.07, 6.45) is 1.83. The van der Waals surface area contributed by atoms with Crippen LogP contribution < -0.4 is 4.90 Å². The number of aromatic nitrogens is 6. The average molecular weight is 425 g/mol. The van der Waals surface area contributed by atoms with E-state index in [1.165, 1.54) is 0 Å². The van der Waals surface area contributed by atoms with Gasteiger partial charge in [-0.2, -0.15) is 0 Å². The van der Waals surface area contributed by atoms with E-state index in [1.54, 1.807) is 0 Å². The predicted octanol–water partition coefficient (Wildman–Crippen LogP) is 3.79. The van der Waals surface area contributed by atoms with Gasteiger partial charge in [-0.3, -0.25) is 4.98 Å². The first-order chi connectivity index (χ1) is 15.7. The summed E-state index contributed by atoms with van der Waals surface area (Å²) in [7, 11) is 0. The van der Waals surface area contributed by atoms with Gasteiger partial charge >= 0.3 is 0 Å². The van der Waals surface area contributed by atoms with Gasteiger partial charge in [0.25, 0.3) is 0 Å². The van der Waals surface area contributed by atoms with E-state index >= 15 is 0 Å². The SMILES string of the molecule is Cc1ncc(C)n2nc(-c3cc4[nH]c(-c5ccccc5)nc4cc3N3CCOCC3)nc12. The van der Waals surface area contributed by atoms with Gasteiger partial charge < -0.3 is 14.6 Å². The van der Waals surface area contributed by atoms with Crippen LogP contribution in [-0.4, -0.2) is 55.9 Å². The monoisotopic (exact) mass is 425 g/mol. The van der Waals surface area contributed by atoms with Crippen molar-refractivity contribution in [3.05, 3.63) is 60.0 Å². The molecule has 0 atom stereocenters. The molecule has 2 aromatic carbocycles. The normalized spacial score (nSPS) is 14.5. The maximum atomic E-state index is 5.59. The molecule has 0 aliphatic carbocycles. The molecule has 6 rings (SSSR count). The van der Waals surface area contributed by atoms with Crippen molar-refractivity contribution in [2.45, 2.75) is 13.8 Å². The van der Waals surface area contributed by atoms with E-state index in [1.807, 2.05) is 42.8 Å². The van der Waals surface area contributed by atoms with Crippen molar-refractivity contribution >= 4 is 22.4 Å². The molecule has 0 radical (unpaired) electrons. The minimum absolute atomic E-state index is 0.684. The number of anilines is 1. The molecule has 8 heteroatoms. The summed E-state index contributed by atoms with van der Waals surface area (Å²) in [6.45, 7) is 7.00. The van der Waals surface area contributed by atoms with Crippen molar-refractivity contribution in [1.82, 2.24) is 29.5 Å². The number of nitrogens with zero attached hydrogens (tertiary/aromatic N) is 6. The average Bonchev–Trinajstić information content (AvgIpc) is 3.47. The minimum atomic E-state index is 0.684. The van der Waals surface area contributed by atoms with Gasteiger partial charge in [0.1, 0.15) is 5.82 Å². The number of aromatic amines is 1. The van der Waals surface area contributed by atoms with Crippen LogP contribution in [0.25, 0.3) is 39.5 Å². The molecular formula is C24H23N7O. The number of hydrogen-bond acceptors (Lipinski definition) is 6. The number of nitrogens with one attached hydrogen (secondary N) is 1. The smallest absolute Gasteiger partial charge is 0.184 e. The number of rotatable bonds is 3. The first kappa shape index (κ1) is 18.9. The highest BCUT2D eigenvalue weighted by Gasteiger charge is 2.21. The van der Waals surface area contributed by atoms with Gasteiger partial charge in [0.2, 0.25) is 0 Å². The molecule has 0 bridgehead atoms. The molecule has 0 unspecified atom stereocenters. The van der Waals surface area contributed by atoms with Crippen LogP contribution in [0.4, 0.5) is 5.69 Å². The van der Waals surface area contributed by atoms with E-state index in [0.29, 0.717) is 19.0 Å². The third-order valence-corrected chi connectivity index (χ3v) is 5.95. The fraction of sp³-hybridized carbons (Fsp3) is 0.250. The number of benzene rings is 2. The summed E-state index contributed by atoms with van der Waals surface area (Å²) in [4.78, 5) is 20.0. The summed E-state index contributed by atoms with van der Waals surface area (Å²) in [5, 5.41) is 4.84. The molecule has 5 aromatic rings. The van der Waals surface area contributed by atoms with E-state index in [9.17, 15) is 0 Å². The van der Waals surface area contributed by atoms with Gasteiger partial charge in [-0.25, -0.2) is 14.5 Å². The van der Waals surface area contributed by atoms with Gasteiger partial charge in [-0.05, 0) is 26.0 Å². The third-order valence-electron chi connectivity index (χ3n) is 5.95. The zero-order valence-electron chi connectivity index (χ0n) is 18.0. The van der Waals surface area contributed by atoms with Crippen LogP contribution >= 0.6 is 0 Å². The zero-order chi connectivity index (χ0) is 21.7. The highest BCUT2D eigenvalue weighted by atomic mass is 16.5. The zero-order valence-corrected chi connectivity index (χ0v) is 18.0. The summed E-state index contributed by atoms with van der Waals surface area (Å²) in [5.41, 5.74) is 7.58. The molecule has 3 aromatic heterocycles. The number of fused-ring (bicyclic) bond motifs is 2. The number of imidazole rings is 1. The van der Waals surface area contributed by atoms with Crippen LogP contribution in [0.1, 0.15) is 11.4 Å². The molecule has 1 fully saturated rings. The Labute approximate surface area is 184 Å². The standard InChI is InChI=1S/C24H23N7O/c1-15-14-25-16(2)24-28-23(29-31(15)24)18-12-19-20(13-21(18)30-8-10-32-11-9-30)27-22(26-19)17-6-4-3-5-7-17/h3-7,12-14H,8-11H2,1-2H3,(H,26,27). The second-order valence-corrected chi connectivity index (χ2v) is 8.09. The molecule has 0 saturated carbocycles. The lowest BCUT2D eigenvalue weighted by Gasteiger charge is -2.30. The maximum absolute atomic E-state index is 5.59. The Bertz CT molecular complexity index is 1390. The van der Waals surface area contributed by atoms with Gasteiger partial charge in [0, 0.05) is 30.4 Å². The lowest BCUT2D eigenvalue weighted by molar-refractivity contribution is 0.123. The number of hydrogen-bond donors (Lipinski definition) is 1. The number of ether oxygens (including phenoxy) is 1. The molecule has 1 aliphatic heterocycles. The van der Waals surface area contributed by atoms with Crippen molar-refractivity contribution < 1.29 is 4.74 Å². The Morgan fingerprint density at radius 3 is 2.59 bits per heavy atom. The molecule has 32 heavy (non-hydrogen) atoms. The minimum Gasteiger partial charge on any atom is -0.378 e. The number of aryl methyl sites for hydroxylation is 2. The topological polar surface area (TPSA) is 84.2 Å². The molecule has 160 valence electrons. The fourth-order valence-corrected chi connectivity index (χ4v) is 4.23. The summed E-state index contributed by atoms with van der Waals surface area (Å²) >= 11 is 0. The Morgan fingerprint density at radius 2 is 1.81 bits per heavy atom. The molecule has 1 saturated heterocycles. The molecule has 1 aliphatic rings. The number of morpholine rings is 1. The van der Waals surface area contributed by atoms with E-state index in [-0.39, 0.29) is 0 Å². The Morgan fingerprint density at radius 1 is 1.00 bits per heavy atom. The van der Waals surface area contributed by atoms with Crippen LogP contribution in [0, 0.1) is 13.8 Å². The van der Waals surface area contributed by atoms with E-state index in [2.05, 4.69) is 39.1 Å². The van der Waals surface area contributed by atoms with E-state index in [0.717, 1.165) is 63.8 Å². The van der Waals surface area contributed by atoms with E-state index in [4.69, 9.17) is 19.8 Å². The fourth-order valence-electron chi connectivity index (χ4n) is 4.23. The van der Waals surface area contributed by atoms with Crippen molar-refractivity contribution in [3.8, 4) is 22.8 Å². The second-order valence-electron chi connectivity index (χ2n) is 8.09. The molecule has 8 nitrogen and oxygen atoms in total. The molecular weight excluding hydrogens is 402 g/mol. The first-order valence-electron chi connectivity index (χ1n) is 10.8. The summed E-state index contributed by atoms with van der Waals surface area (Å²) in [6, 6.07) is 14.4. The van der Waals surface area contributed by atoms with Crippen LogP contribution in [0.2, 0.25) is 0 Å². The lowest BCUT2D eigenvalue weighted by atomic mass is 10.1. The van der Waals surface area contributed by atoms with Gasteiger partial charge in [-0.15, -0.1) is 5.10 Å². The highest BCUT2D eigenvalue weighted by molar-refractivity contribution is 5.91. The van der Waals surface area contributed by atoms with Gasteiger partial charge in [0.15, 0.2) is 11.5 Å². The van der Waals surface area contributed by atoms with Crippen molar-refractivity contribution in [2.75, 3.05) is 31.2 Å². The van der Waals surface area contributed by atoms with Gasteiger partial charge in [0.05, 0.1) is 41.3 Å². The third kappa shape index (κ3) is 3.11. The number of H-pyrrole nitrogens is 1. The van der Waals surface area contributed by atoms with Crippen molar-refractivity contribution in [1.29, 1.82) is 0 Å². The van der Waals surface area contributed by atoms with E-state index < -0.39 is 0 Å². The summed E-state index contributed by atoms with van der Waals surface area (Å²) < 4.78 is 7.46. The Kier molecular flexibility index (Phi) is 4.39. The van der Waals surface area contributed by atoms with Crippen LogP contribution in [0.15, 0.2) is 48.7 Å². The maximum Gasteiger partial charge on any atom is 0.184 e. The Hall–Kier alpha value is -3.78. The predicted molar refractivity (Wildman–Crippen MR) is 124 cm³/mol. The largest absolute Gasteiger partial charge is 0.378 e. The first-order valence-corrected chi connectivity index (χ1v) is 10.8. The van der Waals surface area contributed by atoms with Crippen molar-refractivity contribution in [2.24, 2.45) is 0 Å². The summed E-state index contributed by atoms with van der Waals surface area (Å²) in [5.74, 6) is 1.54. The second kappa shape index (κ2) is 7.42. The molecule has 0 amide bonds. The highest BCUT2D eigenvalue weighted by Crippen LogP contribution is 2.35. The Balaban J connectivity index is 1.56. The quantitative estimate of drug-likeness (QED) is 0.474. The van der Waals surface area contributed by atoms with Crippen LogP contribution in [0.5, 0.6) is 0 Å². The van der Waals surface area contributed by atoms with Crippen LogP contribution in [0.3, 0.4) is 0 Å². The molecule has 1 N–H and O–H groups in total. The van der Waals surface area contributed by atoms with Crippen LogP contribution in [-0.2, 0) is 4.74 Å². The lowest BCUT2D eigenvalue weighted by Crippen LogP contribution is -2.36. The molecule has 4 heterocycles. The molecule has 0 spiro atoms. The van der Waals surface area contributed by atoms with Gasteiger partial charge in [-0.1, -0.05) is 30.3 Å².